The molecule has 31 heavy (non-hydrogen) atoms. The monoisotopic (exact) mass is 406 g/mol. The number of pyridine rings is 1. The van der Waals surface area contributed by atoms with E-state index in [0.29, 0.717) is 0 Å². The molecule has 1 aromatic heterocycles. The van der Waals surface area contributed by atoms with Crippen LogP contribution in [-0.2, 0) is 19.3 Å². The van der Waals surface area contributed by atoms with Crippen molar-refractivity contribution >= 4 is 0 Å². The van der Waals surface area contributed by atoms with Gasteiger partial charge in [-0.3, -0.25) is 4.98 Å². The lowest BCUT2D eigenvalue weighted by Gasteiger charge is -2.44. The van der Waals surface area contributed by atoms with E-state index in [1.807, 2.05) is 36.7 Å². The number of ether oxygens (including phenoxy) is 1. The quantitative estimate of drug-likeness (QED) is 0.493. The number of nitrogens with two attached hydrogens (primary N) is 1. The van der Waals surface area contributed by atoms with Gasteiger partial charge in [-0.15, -0.1) is 0 Å². The second kappa shape index (κ2) is 8.37. The molecule has 0 saturated heterocycles. The van der Waals surface area contributed by atoms with Crippen LogP contribution < -0.4 is 10.5 Å². The zero-order valence-electron chi connectivity index (χ0n) is 17.4. The summed E-state index contributed by atoms with van der Waals surface area (Å²) >= 11 is 0. The predicted octanol–water partition coefficient (Wildman–Crippen LogP) is 5.24. The number of hydrogen-bond donors (Lipinski definition) is 1. The SMILES string of the molecule is NC1Cc2c(cccc2-c2ccncc2)OC1(Cc1ccccc1)Cc1ccccc1. The second-order valence-corrected chi connectivity index (χ2v) is 8.32. The van der Waals surface area contributed by atoms with Gasteiger partial charge in [0.15, 0.2) is 0 Å². The molecule has 0 radical (unpaired) electrons. The summed E-state index contributed by atoms with van der Waals surface area (Å²) in [5, 5.41) is 0. The Morgan fingerprint density at radius 1 is 0.774 bits per heavy atom. The molecular formula is C28H26N2O. The van der Waals surface area contributed by atoms with Crippen LogP contribution in [0.3, 0.4) is 0 Å². The van der Waals surface area contributed by atoms with Gasteiger partial charge < -0.3 is 10.5 Å². The van der Waals surface area contributed by atoms with E-state index in [1.54, 1.807) is 0 Å². The molecular weight excluding hydrogens is 380 g/mol. The van der Waals surface area contributed by atoms with Gasteiger partial charge in [-0.2, -0.15) is 0 Å². The molecule has 154 valence electrons. The fourth-order valence-corrected chi connectivity index (χ4v) is 4.65. The Morgan fingerprint density at radius 3 is 2.00 bits per heavy atom. The Morgan fingerprint density at radius 2 is 1.39 bits per heavy atom. The van der Waals surface area contributed by atoms with Gasteiger partial charge in [0.25, 0.3) is 0 Å². The third kappa shape index (κ3) is 3.97. The Hall–Kier alpha value is -3.43. The summed E-state index contributed by atoms with van der Waals surface area (Å²) in [4.78, 5) is 4.16. The van der Waals surface area contributed by atoms with E-state index < -0.39 is 5.60 Å². The maximum Gasteiger partial charge on any atom is 0.132 e. The predicted molar refractivity (Wildman–Crippen MR) is 125 cm³/mol. The minimum atomic E-state index is -0.507. The van der Waals surface area contributed by atoms with Crippen LogP contribution in [0.2, 0.25) is 0 Å². The van der Waals surface area contributed by atoms with Crippen molar-refractivity contribution in [3.05, 3.63) is 120 Å². The van der Waals surface area contributed by atoms with Crippen molar-refractivity contribution in [2.45, 2.75) is 30.9 Å². The first kappa shape index (κ1) is 19.5. The summed E-state index contributed by atoms with van der Waals surface area (Å²) in [7, 11) is 0. The number of hydrogen-bond acceptors (Lipinski definition) is 3. The number of benzene rings is 3. The molecule has 3 nitrogen and oxygen atoms in total. The molecule has 2 N–H and O–H groups in total. The highest BCUT2D eigenvalue weighted by atomic mass is 16.5. The fraction of sp³-hybridized carbons (Fsp3) is 0.179. The molecule has 1 atom stereocenters. The van der Waals surface area contributed by atoms with E-state index >= 15 is 0 Å². The van der Waals surface area contributed by atoms with Gasteiger partial charge >= 0.3 is 0 Å². The lowest BCUT2D eigenvalue weighted by molar-refractivity contribution is 0.0276. The van der Waals surface area contributed by atoms with E-state index in [-0.39, 0.29) is 6.04 Å². The first-order valence-corrected chi connectivity index (χ1v) is 10.8. The summed E-state index contributed by atoms with van der Waals surface area (Å²) in [6.07, 6.45) is 5.96. The largest absolute Gasteiger partial charge is 0.485 e. The second-order valence-electron chi connectivity index (χ2n) is 8.32. The first-order valence-electron chi connectivity index (χ1n) is 10.8. The zero-order valence-corrected chi connectivity index (χ0v) is 17.4. The van der Waals surface area contributed by atoms with Gasteiger partial charge in [-0.1, -0.05) is 72.8 Å². The molecule has 0 aliphatic carbocycles. The molecule has 0 saturated carbocycles. The third-order valence-corrected chi connectivity index (χ3v) is 6.23. The minimum absolute atomic E-state index is 0.136. The van der Waals surface area contributed by atoms with Gasteiger partial charge in [-0.25, -0.2) is 0 Å². The molecule has 3 aromatic carbocycles. The number of aromatic nitrogens is 1. The van der Waals surface area contributed by atoms with Crippen molar-refractivity contribution < 1.29 is 4.74 Å². The zero-order chi connectivity index (χ0) is 21.1. The molecule has 5 rings (SSSR count). The average Bonchev–Trinajstić information content (AvgIpc) is 2.81. The van der Waals surface area contributed by atoms with E-state index in [2.05, 4.69) is 71.7 Å². The van der Waals surface area contributed by atoms with Crippen molar-refractivity contribution in [2.75, 3.05) is 0 Å². The molecule has 0 fully saturated rings. The number of nitrogens with zero attached hydrogens (tertiary/aromatic N) is 1. The molecule has 1 aliphatic heterocycles. The molecule has 3 heteroatoms. The Kier molecular flexibility index (Phi) is 5.27. The van der Waals surface area contributed by atoms with Crippen LogP contribution in [0.1, 0.15) is 16.7 Å². The normalized spacial score (nSPS) is 16.9. The minimum Gasteiger partial charge on any atom is -0.485 e. The smallest absolute Gasteiger partial charge is 0.132 e. The maximum atomic E-state index is 6.93. The van der Waals surface area contributed by atoms with Crippen LogP contribution in [0.15, 0.2) is 103 Å². The van der Waals surface area contributed by atoms with Crippen molar-refractivity contribution in [3.63, 3.8) is 0 Å². The summed E-state index contributed by atoms with van der Waals surface area (Å²) in [5.41, 5.74) is 12.4. The molecule has 4 aromatic rings. The summed E-state index contributed by atoms with van der Waals surface area (Å²) in [6, 6.07) is 31.3. The molecule has 1 unspecified atom stereocenters. The average molecular weight is 407 g/mol. The lowest BCUT2D eigenvalue weighted by atomic mass is 9.76. The summed E-state index contributed by atoms with van der Waals surface area (Å²) < 4.78 is 6.86. The van der Waals surface area contributed by atoms with Crippen LogP contribution in [-0.4, -0.2) is 16.6 Å². The van der Waals surface area contributed by atoms with Crippen molar-refractivity contribution in [2.24, 2.45) is 5.73 Å². The summed E-state index contributed by atoms with van der Waals surface area (Å²) in [5.74, 6) is 0.933. The van der Waals surface area contributed by atoms with Gasteiger partial charge in [0.1, 0.15) is 11.4 Å². The van der Waals surface area contributed by atoms with Crippen molar-refractivity contribution in [1.82, 2.24) is 4.98 Å². The lowest BCUT2D eigenvalue weighted by Crippen LogP contribution is -2.58. The van der Waals surface area contributed by atoms with Crippen molar-refractivity contribution in [1.29, 1.82) is 0 Å². The van der Waals surface area contributed by atoms with Crippen LogP contribution >= 0.6 is 0 Å². The molecule has 2 heterocycles. The van der Waals surface area contributed by atoms with Crippen molar-refractivity contribution in [3.8, 4) is 16.9 Å². The van der Waals surface area contributed by atoms with Crippen LogP contribution in [0, 0.1) is 0 Å². The number of rotatable bonds is 5. The highest BCUT2D eigenvalue weighted by Crippen LogP contribution is 2.41. The van der Waals surface area contributed by atoms with Gasteiger partial charge in [0.2, 0.25) is 0 Å². The van der Waals surface area contributed by atoms with Gasteiger partial charge in [0, 0.05) is 36.8 Å². The standard InChI is InChI=1S/C28H26N2O/c29-27-18-25-24(23-14-16-30-17-15-23)12-7-13-26(25)31-28(27,19-21-8-3-1-4-9-21)20-22-10-5-2-6-11-22/h1-17,27H,18-20,29H2. The third-order valence-electron chi connectivity index (χ3n) is 6.23. The first-order chi connectivity index (χ1) is 15.2. The van der Waals surface area contributed by atoms with Gasteiger partial charge in [-0.05, 0) is 46.9 Å². The molecule has 1 aliphatic rings. The van der Waals surface area contributed by atoms with Crippen LogP contribution in [0.4, 0.5) is 0 Å². The molecule has 0 amide bonds. The maximum absolute atomic E-state index is 6.93. The molecule has 0 spiro atoms. The number of fused-ring (bicyclic) bond motifs is 1. The summed E-state index contributed by atoms with van der Waals surface area (Å²) in [6.45, 7) is 0. The Balaban J connectivity index is 1.57. The highest BCUT2D eigenvalue weighted by Gasteiger charge is 2.43. The van der Waals surface area contributed by atoms with Crippen LogP contribution in [0.25, 0.3) is 11.1 Å². The topological polar surface area (TPSA) is 48.1 Å². The van der Waals surface area contributed by atoms with Gasteiger partial charge in [0.05, 0.1) is 0 Å². The Bertz CT molecular complexity index is 1100. The fourth-order valence-electron chi connectivity index (χ4n) is 4.65. The van der Waals surface area contributed by atoms with E-state index in [0.717, 1.165) is 30.6 Å². The van der Waals surface area contributed by atoms with Crippen LogP contribution in [0.5, 0.6) is 5.75 Å². The van der Waals surface area contributed by atoms with E-state index in [9.17, 15) is 0 Å². The van der Waals surface area contributed by atoms with E-state index in [4.69, 9.17) is 10.5 Å². The Labute approximate surface area is 183 Å². The van der Waals surface area contributed by atoms with E-state index in [1.165, 1.54) is 22.3 Å². The highest BCUT2D eigenvalue weighted by molar-refractivity contribution is 5.70. The molecule has 0 bridgehead atoms.